The SMILES string of the molecule is N#Cc1ccc(/C=C/c2nc3ccccc3c(=O)n2-c2cccc(NC(=O)Cc3cccnc3)c2)cc1. The molecular weight excluding hydrogens is 462 g/mol. The van der Waals surface area contributed by atoms with Crippen molar-refractivity contribution in [3.63, 3.8) is 0 Å². The molecule has 178 valence electrons. The predicted molar refractivity (Wildman–Crippen MR) is 144 cm³/mol. The number of nitrogens with one attached hydrogen (secondary N) is 1. The summed E-state index contributed by atoms with van der Waals surface area (Å²) < 4.78 is 1.53. The highest BCUT2D eigenvalue weighted by molar-refractivity contribution is 5.92. The van der Waals surface area contributed by atoms with Gasteiger partial charge in [-0.3, -0.25) is 19.1 Å². The number of para-hydroxylation sites is 1. The van der Waals surface area contributed by atoms with Crippen molar-refractivity contribution in [3.8, 4) is 11.8 Å². The van der Waals surface area contributed by atoms with Crippen molar-refractivity contribution in [1.29, 1.82) is 5.26 Å². The van der Waals surface area contributed by atoms with E-state index in [1.807, 2.05) is 30.3 Å². The van der Waals surface area contributed by atoms with Crippen LogP contribution in [0.1, 0.15) is 22.5 Å². The van der Waals surface area contributed by atoms with Gasteiger partial charge in [0.2, 0.25) is 5.91 Å². The predicted octanol–water partition coefficient (Wildman–Crippen LogP) is 5.00. The van der Waals surface area contributed by atoms with E-state index in [1.165, 1.54) is 4.57 Å². The summed E-state index contributed by atoms with van der Waals surface area (Å²) in [6, 6.07) is 27.2. The van der Waals surface area contributed by atoms with Crippen molar-refractivity contribution in [2.24, 2.45) is 0 Å². The Labute approximate surface area is 213 Å². The molecule has 0 spiro atoms. The molecule has 2 aromatic heterocycles. The number of hydrogen-bond acceptors (Lipinski definition) is 5. The van der Waals surface area contributed by atoms with E-state index in [-0.39, 0.29) is 17.9 Å². The Morgan fingerprint density at radius 2 is 1.81 bits per heavy atom. The number of carbonyl (C=O) groups excluding carboxylic acids is 1. The van der Waals surface area contributed by atoms with Gasteiger partial charge in [0.15, 0.2) is 0 Å². The molecule has 7 nitrogen and oxygen atoms in total. The Bertz CT molecular complexity index is 1720. The minimum atomic E-state index is -0.219. The summed E-state index contributed by atoms with van der Waals surface area (Å²) in [7, 11) is 0. The van der Waals surface area contributed by atoms with E-state index >= 15 is 0 Å². The number of fused-ring (bicyclic) bond motifs is 1. The number of nitriles is 1. The first-order chi connectivity index (χ1) is 18.1. The van der Waals surface area contributed by atoms with Crippen LogP contribution in [-0.4, -0.2) is 20.4 Å². The molecule has 0 atom stereocenters. The molecule has 0 aliphatic heterocycles. The Kier molecular flexibility index (Phi) is 6.64. The third-order valence-corrected chi connectivity index (χ3v) is 5.74. The molecule has 0 saturated heterocycles. The average molecular weight is 484 g/mol. The van der Waals surface area contributed by atoms with Gasteiger partial charge in [-0.25, -0.2) is 4.98 Å². The molecule has 3 aromatic carbocycles. The summed E-state index contributed by atoms with van der Waals surface area (Å²) in [5, 5.41) is 12.4. The molecule has 37 heavy (non-hydrogen) atoms. The molecule has 0 saturated carbocycles. The van der Waals surface area contributed by atoms with E-state index in [2.05, 4.69) is 16.4 Å². The Hall–Kier alpha value is -5.35. The van der Waals surface area contributed by atoms with Gasteiger partial charge in [0.25, 0.3) is 5.56 Å². The van der Waals surface area contributed by atoms with Gasteiger partial charge in [-0.2, -0.15) is 5.26 Å². The van der Waals surface area contributed by atoms with Gasteiger partial charge in [0.05, 0.1) is 34.6 Å². The number of rotatable bonds is 6. The first-order valence-corrected chi connectivity index (χ1v) is 11.6. The average Bonchev–Trinajstić information content (AvgIpc) is 2.93. The Morgan fingerprint density at radius 3 is 2.59 bits per heavy atom. The third kappa shape index (κ3) is 5.34. The van der Waals surface area contributed by atoms with Crippen LogP contribution in [0.15, 0.2) is 102 Å². The second kappa shape index (κ2) is 10.5. The van der Waals surface area contributed by atoms with Gasteiger partial charge in [0, 0.05) is 18.1 Å². The highest BCUT2D eigenvalue weighted by Gasteiger charge is 2.12. The second-order valence-corrected chi connectivity index (χ2v) is 8.33. The quantitative estimate of drug-likeness (QED) is 0.366. The zero-order chi connectivity index (χ0) is 25.6. The molecule has 0 fully saturated rings. The lowest BCUT2D eigenvalue weighted by atomic mass is 10.1. The number of anilines is 1. The fraction of sp³-hybridized carbons (Fsp3) is 0.0333. The van der Waals surface area contributed by atoms with Crippen LogP contribution in [0.4, 0.5) is 5.69 Å². The van der Waals surface area contributed by atoms with Crippen molar-refractivity contribution < 1.29 is 4.79 Å². The van der Waals surface area contributed by atoms with Crippen LogP contribution in [0.25, 0.3) is 28.7 Å². The molecule has 7 heteroatoms. The molecule has 0 aliphatic carbocycles. The summed E-state index contributed by atoms with van der Waals surface area (Å²) in [5.41, 5.74) is 3.74. The number of nitrogens with zero attached hydrogens (tertiary/aromatic N) is 4. The molecule has 2 heterocycles. The number of benzene rings is 3. The summed E-state index contributed by atoms with van der Waals surface area (Å²) in [6.45, 7) is 0. The van der Waals surface area contributed by atoms with Crippen molar-refractivity contribution in [1.82, 2.24) is 14.5 Å². The van der Waals surface area contributed by atoms with Gasteiger partial charge in [-0.1, -0.05) is 42.5 Å². The molecular formula is C30H21N5O2. The van der Waals surface area contributed by atoms with Crippen molar-refractivity contribution >= 4 is 34.6 Å². The number of carbonyl (C=O) groups is 1. The van der Waals surface area contributed by atoms with E-state index in [1.54, 1.807) is 79.1 Å². The first kappa shape index (κ1) is 23.4. The van der Waals surface area contributed by atoms with Gasteiger partial charge in [-0.15, -0.1) is 0 Å². The number of amides is 1. The third-order valence-electron chi connectivity index (χ3n) is 5.74. The van der Waals surface area contributed by atoms with E-state index in [0.717, 1.165) is 11.1 Å². The lowest BCUT2D eigenvalue weighted by Crippen LogP contribution is -2.22. The monoisotopic (exact) mass is 483 g/mol. The Morgan fingerprint density at radius 1 is 0.973 bits per heavy atom. The standard InChI is InChI=1S/C30H21N5O2/c31-19-22-12-10-21(11-13-22)14-15-28-34-27-9-2-1-8-26(27)30(37)35(28)25-7-3-6-24(18-25)33-29(36)17-23-5-4-16-32-20-23/h1-16,18,20H,17H2,(H,33,36)/b15-14+. The van der Waals surface area contributed by atoms with Crippen LogP contribution in [0.2, 0.25) is 0 Å². The van der Waals surface area contributed by atoms with Crippen LogP contribution in [0.3, 0.4) is 0 Å². The fourth-order valence-electron chi connectivity index (χ4n) is 3.97. The number of hydrogen-bond donors (Lipinski definition) is 1. The lowest BCUT2D eigenvalue weighted by Gasteiger charge is -2.13. The molecule has 0 bridgehead atoms. The van der Waals surface area contributed by atoms with Crippen LogP contribution in [0, 0.1) is 11.3 Å². The zero-order valence-corrected chi connectivity index (χ0v) is 19.7. The summed E-state index contributed by atoms with van der Waals surface area (Å²) in [4.78, 5) is 35.0. The van der Waals surface area contributed by atoms with Gasteiger partial charge in [0.1, 0.15) is 5.82 Å². The normalized spacial score (nSPS) is 10.9. The minimum Gasteiger partial charge on any atom is -0.326 e. The maximum Gasteiger partial charge on any atom is 0.266 e. The number of pyridine rings is 1. The molecule has 0 aliphatic rings. The first-order valence-electron chi connectivity index (χ1n) is 11.6. The number of aromatic nitrogens is 3. The largest absolute Gasteiger partial charge is 0.326 e. The maximum atomic E-state index is 13.6. The highest BCUT2D eigenvalue weighted by atomic mass is 16.1. The smallest absolute Gasteiger partial charge is 0.266 e. The maximum absolute atomic E-state index is 13.6. The van der Waals surface area contributed by atoms with Crippen LogP contribution >= 0.6 is 0 Å². The van der Waals surface area contributed by atoms with E-state index in [4.69, 9.17) is 10.2 Å². The van der Waals surface area contributed by atoms with Crippen molar-refractivity contribution in [2.75, 3.05) is 5.32 Å². The summed E-state index contributed by atoms with van der Waals surface area (Å²) in [5.74, 6) is 0.252. The van der Waals surface area contributed by atoms with Gasteiger partial charge >= 0.3 is 0 Å². The second-order valence-electron chi connectivity index (χ2n) is 8.33. The fourth-order valence-corrected chi connectivity index (χ4v) is 3.97. The molecule has 0 unspecified atom stereocenters. The summed E-state index contributed by atoms with van der Waals surface area (Å²) in [6.07, 6.45) is 7.11. The van der Waals surface area contributed by atoms with E-state index in [9.17, 15) is 9.59 Å². The van der Waals surface area contributed by atoms with Gasteiger partial charge < -0.3 is 5.32 Å². The lowest BCUT2D eigenvalue weighted by molar-refractivity contribution is -0.115. The zero-order valence-electron chi connectivity index (χ0n) is 19.7. The van der Waals surface area contributed by atoms with Gasteiger partial charge in [-0.05, 0) is 65.7 Å². The molecule has 5 aromatic rings. The van der Waals surface area contributed by atoms with Crippen molar-refractivity contribution in [2.45, 2.75) is 6.42 Å². The van der Waals surface area contributed by atoms with E-state index < -0.39 is 0 Å². The molecule has 0 radical (unpaired) electrons. The van der Waals surface area contributed by atoms with E-state index in [0.29, 0.717) is 33.7 Å². The Balaban J connectivity index is 1.52. The highest BCUT2D eigenvalue weighted by Crippen LogP contribution is 2.19. The molecule has 1 N–H and O–H groups in total. The topological polar surface area (TPSA) is 101 Å². The van der Waals surface area contributed by atoms with Crippen LogP contribution in [0.5, 0.6) is 0 Å². The minimum absolute atomic E-state index is 0.185. The summed E-state index contributed by atoms with van der Waals surface area (Å²) >= 11 is 0. The van der Waals surface area contributed by atoms with Crippen LogP contribution < -0.4 is 10.9 Å². The molecule has 1 amide bonds. The molecule has 5 rings (SSSR count). The van der Waals surface area contributed by atoms with Crippen molar-refractivity contribution in [3.05, 3.63) is 130 Å². The van der Waals surface area contributed by atoms with Crippen LogP contribution in [-0.2, 0) is 11.2 Å².